The zero-order valence-electron chi connectivity index (χ0n) is 14.0. The van der Waals surface area contributed by atoms with Gasteiger partial charge in [-0.1, -0.05) is 24.6 Å². The number of hydrogen-bond donors (Lipinski definition) is 1. The molecule has 0 aliphatic carbocycles. The van der Waals surface area contributed by atoms with E-state index in [-0.39, 0.29) is 6.03 Å². The number of rotatable bonds is 4. The van der Waals surface area contributed by atoms with Crippen LogP contribution in [0.2, 0.25) is 0 Å². The lowest BCUT2D eigenvalue weighted by Crippen LogP contribution is -2.41. The van der Waals surface area contributed by atoms with Crippen molar-refractivity contribution >= 4 is 17.4 Å². The minimum absolute atomic E-state index is 0.0452. The number of likely N-dealkylation sites (tertiary alicyclic amines) is 1. The molecule has 5 heteroatoms. The van der Waals surface area contributed by atoms with Gasteiger partial charge in [-0.05, 0) is 42.0 Å². The molecule has 0 unspecified atom stereocenters. The van der Waals surface area contributed by atoms with E-state index < -0.39 is 0 Å². The average molecular weight is 344 g/mol. The third-order valence-corrected chi connectivity index (χ3v) is 5.42. The molecule has 2 heterocycles. The number of nitrogens with zero attached hydrogens (tertiary/aromatic N) is 1. The Morgan fingerprint density at radius 2 is 2.12 bits per heavy atom. The predicted octanol–water partition coefficient (Wildman–Crippen LogP) is 4.24. The fourth-order valence-corrected chi connectivity index (χ4v) is 3.81. The molecule has 3 rings (SSSR count). The van der Waals surface area contributed by atoms with Crippen LogP contribution in [0.3, 0.4) is 0 Å². The molecule has 1 aliphatic heterocycles. The quantitative estimate of drug-likeness (QED) is 0.901. The first-order valence-electron chi connectivity index (χ1n) is 8.45. The molecule has 0 saturated carbocycles. The van der Waals surface area contributed by atoms with E-state index in [1.807, 2.05) is 34.5 Å². The molecule has 1 saturated heterocycles. The molecule has 0 radical (unpaired) electrons. The highest BCUT2D eigenvalue weighted by Crippen LogP contribution is 2.28. The van der Waals surface area contributed by atoms with Crippen LogP contribution in [0, 0.1) is 0 Å². The molecule has 2 amide bonds. The Bertz CT molecular complexity index is 640. The highest BCUT2D eigenvalue weighted by molar-refractivity contribution is 7.09. The Kier molecular flexibility index (Phi) is 5.75. The van der Waals surface area contributed by atoms with Gasteiger partial charge in [0.15, 0.2) is 0 Å². The number of benzene rings is 1. The van der Waals surface area contributed by atoms with Gasteiger partial charge in [-0.3, -0.25) is 0 Å². The lowest BCUT2D eigenvalue weighted by atomic mass is 9.94. The van der Waals surface area contributed by atoms with Crippen LogP contribution >= 0.6 is 11.3 Å². The number of carbonyl (C=O) groups excluding carboxylic acids is 1. The third kappa shape index (κ3) is 4.29. The lowest BCUT2D eigenvalue weighted by molar-refractivity contribution is 0.197. The fraction of sp³-hybridized carbons (Fsp3) is 0.421. The van der Waals surface area contributed by atoms with E-state index in [2.05, 4.69) is 17.4 Å². The monoisotopic (exact) mass is 344 g/mol. The number of urea groups is 1. The van der Waals surface area contributed by atoms with Gasteiger partial charge >= 0.3 is 6.03 Å². The van der Waals surface area contributed by atoms with Gasteiger partial charge < -0.3 is 15.0 Å². The van der Waals surface area contributed by atoms with Crippen molar-refractivity contribution in [3.8, 4) is 5.75 Å². The molecule has 1 fully saturated rings. The van der Waals surface area contributed by atoms with Crippen molar-refractivity contribution in [2.45, 2.75) is 31.7 Å². The number of methoxy groups -OCH3 is 1. The maximum Gasteiger partial charge on any atom is 0.317 e. The summed E-state index contributed by atoms with van der Waals surface area (Å²) in [6.07, 6.45) is 3.35. The summed E-state index contributed by atoms with van der Waals surface area (Å²) in [6, 6.07) is 12.4. The van der Waals surface area contributed by atoms with Crippen LogP contribution in [0.15, 0.2) is 41.8 Å². The molecular formula is C19H24N2O2S. The van der Waals surface area contributed by atoms with Crippen molar-refractivity contribution in [3.63, 3.8) is 0 Å². The molecular weight excluding hydrogens is 320 g/mol. The summed E-state index contributed by atoms with van der Waals surface area (Å²) in [4.78, 5) is 15.7. The van der Waals surface area contributed by atoms with Gasteiger partial charge in [-0.2, -0.15) is 0 Å². The fourth-order valence-electron chi connectivity index (χ4n) is 3.16. The normalized spacial score (nSPS) is 18.0. The van der Waals surface area contributed by atoms with Crippen LogP contribution in [-0.4, -0.2) is 31.1 Å². The van der Waals surface area contributed by atoms with Crippen molar-refractivity contribution < 1.29 is 9.53 Å². The van der Waals surface area contributed by atoms with Gasteiger partial charge in [0.25, 0.3) is 0 Å². The average Bonchev–Trinajstić information content (AvgIpc) is 3.02. The molecule has 1 atom stereocenters. The third-order valence-electron chi connectivity index (χ3n) is 4.54. The summed E-state index contributed by atoms with van der Waals surface area (Å²) in [5.74, 6) is 1.27. The molecule has 4 nitrogen and oxygen atoms in total. The Hall–Kier alpha value is -2.01. The smallest absolute Gasteiger partial charge is 0.317 e. The van der Waals surface area contributed by atoms with E-state index in [4.69, 9.17) is 4.74 Å². The summed E-state index contributed by atoms with van der Waals surface area (Å²) < 4.78 is 5.23. The van der Waals surface area contributed by atoms with Gasteiger partial charge in [-0.15, -0.1) is 11.3 Å². The number of thiophene rings is 1. The summed E-state index contributed by atoms with van der Waals surface area (Å²) in [7, 11) is 1.68. The first kappa shape index (κ1) is 16.8. The predicted molar refractivity (Wildman–Crippen MR) is 97.7 cm³/mol. The van der Waals surface area contributed by atoms with Gasteiger partial charge in [0.2, 0.25) is 0 Å². The van der Waals surface area contributed by atoms with E-state index >= 15 is 0 Å². The molecule has 1 N–H and O–H groups in total. The van der Waals surface area contributed by atoms with Crippen molar-refractivity contribution in [1.29, 1.82) is 0 Å². The molecule has 128 valence electrons. The van der Waals surface area contributed by atoms with Crippen molar-refractivity contribution in [2.75, 3.05) is 20.2 Å². The topological polar surface area (TPSA) is 41.6 Å². The molecule has 2 aromatic rings. The molecule has 1 aromatic carbocycles. The van der Waals surface area contributed by atoms with Crippen LogP contribution in [0.25, 0.3) is 0 Å². The highest BCUT2D eigenvalue weighted by Gasteiger charge is 2.23. The first-order chi connectivity index (χ1) is 11.8. The number of ether oxygens (including phenoxy) is 1. The van der Waals surface area contributed by atoms with Crippen molar-refractivity contribution in [2.24, 2.45) is 0 Å². The van der Waals surface area contributed by atoms with Crippen LogP contribution in [-0.2, 0) is 6.54 Å². The number of amides is 2. The van der Waals surface area contributed by atoms with Gasteiger partial charge in [-0.25, -0.2) is 4.79 Å². The van der Waals surface area contributed by atoms with E-state index in [1.54, 1.807) is 18.4 Å². The van der Waals surface area contributed by atoms with Crippen molar-refractivity contribution in [1.82, 2.24) is 10.2 Å². The Balaban J connectivity index is 1.61. The maximum atomic E-state index is 12.5. The Morgan fingerprint density at radius 1 is 1.29 bits per heavy atom. The Morgan fingerprint density at radius 3 is 2.83 bits per heavy atom. The molecule has 0 spiro atoms. The molecule has 24 heavy (non-hydrogen) atoms. The summed E-state index contributed by atoms with van der Waals surface area (Å²) >= 11 is 1.67. The SMILES string of the molecule is COc1ccc([C@@H]2CCCCN(C(=O)NCc3cccs3)C2)cc1. The highest BCUT2D eigenvalue weighted by atomic mass is 32.1. The summed E-state index contributed by atoms with van der Waals surface area (Å²) in [5, 5.41) is 5.09. The number of carbonyl (C=O) groups is 1. The number of hydrogen-bond acceptors (Lipinski definition) is 3. The second-order valence-electron chi connectivity index (χ2n) is 6.15. The molecule has 1 aliphatic rings. The van der Waals surface area contributed by atoms with Crippen LogP contribution in [0.1, 0.15) is 35.6 Å². The van der Waals surface area contributed by atoms with Gasteiger partial charge in [0, 0.05) is 23.9 Å². The maximum absolute atomic E-state index is 12.5. The van der Waals surface area contributed by atoms with Crippen LogP contribution in [0.4, 0.5) is 4.79 Å². The van der Waals surface area contributed by atoms with Crippen LogP contribution in [0.5, 0.6) is 5.75 Å². The van der Waals surface area contributed by atoms with Gasteiger partial charge in [0.1, 0.15) is 5.75 Å². The van der Waals surface area contributed by atoms with Crippen molar-refractivity contribution in [3.05, 3.63) is 52.2 Å². The second kappa shape index (κ2) is 8.20. The largest absolute Gasteiger partial charge is 0.497 e. The minimum Gasteiger partial charge on any atom is -0.497 e. The van der Waals surface area contributed by atoms with E-state index in [0.29, 0.717) is 12.5 Å². The van der Waals surface area contributed by atoms with E-state index in [9.17, 15) is 4.79 Å². The molecule has 0 bridgehead atoms. The standard InChI is InChI=1S/C19H24N2O2S/c1-23-17-9-7-15(8-10-17)16-5-2-3-11-21(14-16)19(22)20-13-18-6-4-12-24-18/h4,6-10,12,16H,2-3,5,11,13-14H2,1H3,(H,20,22)/t16-/m1/s1. The lowest BCUT2D eigenvalue weighted by Gasteiger charge is -2.25. The minimum atomic E-state index is 0.0452. The summed E-state index contributed by atoms with van der Waals surface area (Å²) in [5.41, 5.74) is 1.29. The Labute approximate surface area is 147 Å². The van der Waals surface area contributed by atoms with Gasteiger partial charge in [0.05, 0.1) is 13.7 Å². The summed E-state index contributed by atoms with van der Waals surface area (Å²) in [6.45, 7) is 2.23. The number of nitrogens with one attached hydrogen (secondary N) is 1. The first-order valence-corrected chi connectivity index (χ1v) is 9.33. The zero-order valence-corrected chi connectivity index (χ0v) is 14.8. The van der Waals surface area contributed by atoms with E-state index in [0.717, 1.165) is 38.1 Å². The zero-order chi connectivity index (χ0) is 16.8. The molecule has 1 aromatic heterocycles. The van der Waals surface area contributed by atoms with Crippen LogP contribution < -0.4 is 10.1 Å². The second-order valence-corrected chi connectivity index (χ2v) is 7.18. The van der Waals surface area contributed by atoms with E-state index in [1.165, 1.54) is 10.4 Å².